The Balaban J connectivity index is 1.78. The minimum atomic E-state index is -3.31. The van der Waals surface area contributed by atoms with Gasteiger partial charge in [-0.15, -0.1) is 11.3 Å². The topological polar surface area (TPSA) is 66.5 Å². The molecule has 0 atom stereocenters. The molecular formula is C20H28N2O3S2. The van der Waals surface area contributed by atoms with Gasteiger partial charge >= 0.3 is 0 Å². The van der Waals surface area contributed by atoms with Crippen LogP contribution in [-0.2, 0) is 10.0 Å². The van der Waals surface area contributed by atoms with Gasteiger partial charge in [-0.2, -0.15) is 0 Å². The highest BCUT2D eigenvalue weighted by molar-refractivity contribution is 7.92. The molecule has 1 fully saturated rings. The maximum absolute atomic E-state index is 12.7. The summed E-state index contributed by atoms with van der Waals surface area (Å²) in [5.41, 5.74) is 0.636. The van der Waals surface area contributed by atoms with Crippen LogP contribution in [0.2, 0.25) is 0 Å². The number of fused-ring (bicyclic) bond motifs is 1. The van der Waals surface area contributed by atoms with Crippen LogP contribution in [0.15, 0.2) is 24.3 Å². The van der Waals surface area contributed by atoms with Gasteiger partial charge in [0.2, 0.25) is 10.0 Å². The molecule has 148 valence electrons. The Morgan fingerprint density at radius 3 is 2.44 bits per heavy atom. The number of sulfonamides is 1. The zero-order valence-corrected chi connectivity index (χ0v) is 17.7. The zero-order chi connectivity index (χ0) is 19.4. The fourth-order valence-electron chi connectivity index (χ4n) is 3.76. The number of anilines is 1. The monoisotopic (exact) mass is 408 g/mol. The van der Waals surface area contributed by atoms with Crippen LogP contribution in [0.4, 0.5) is 5.69 Å². The Morgan fingerprint density at radius 2 is 1.81 bits per heavy atom. The van der Waals surface area contributed by atoms with Gasteiger partial charge in [0.15, 0.2) is 0 Å². The SMILES string of the molecule is CCN(c1ccc2sc(C(=O)NC3CCCCCCC3)cc2c1)S(C)(=O)=O. The van der Waals surface area contributed by atoms with Crippen LogP contribution in [0.5, 0.6) is 0 Å². The van der Waals surface area contributed by atoms with Crippen LogP contribution >= 0.6 is 11.3 Å². The molecule has 0 aliphatic heterocycles. The molecular weight excluding hydrogens is 380 g/mol. The van der Waals surface area contributed by atoms with E-state index in [9.17, 15) is 13.2 Å². The molecule has 0 saturated heterocycles. The first-order valence-electron chi connectivity index (χ1n) is 9.70. The lowest BCUT2D eigenvalue weighted by atomic mass is 9.97. The third-order valence-corrected chi connectivity index (χ3v) is 7.52. The molecule has 0 unspecified atom stereocenters. The maximum atomic E-state index is 12.7. The van der Waals surface area contributed by atoms with E-state index < -0.39 is 10.0 Å². The second-order valence-corrected chi connectivity index (χ2v) is 10.3. The third-order valence-electron chi connectivity index (χ3n) is 5.14. The van der Waals surface area contributed by atoms with E-state index in [-0.39, 0.29) is 11.9 Å². The first-order valence-corrected chi connectivity index (χ1v) is 12.4. The zero-order valence-electron chi connectivity index (χ0n) is 16.0. The van der Waals surface area contributed by atoms with Crippen molar-refractivity contribution in [3.8, 4) is 0 Å². The standard InChI is InChI=1S/C20H28N2O3S2/c1-3-22(27(2,24)25)17-11-12-18-15(13-17)14-19(26-18)20(23)21-16-9-7-5-4-6-8-10-16/h11-14,16H,3-10H2,1-2H3,(H,21,23). The number of rotatable bonds is 5. The van der Waals surface area contributed by atoms with E-state index in [0.29, 0.717) is 17.1 Å². The van der Waals surface area contributed by atoms with Gasteiger partial charge in [-0.3, -0.25) is 9.10 Å². The van der Waals surface area contributed by atoms with Crippen LogP contribution in [0.25, 0.3) is 10.1 Å². The van der Waals surface area contributed by atoms with Crippen LogP contribution in [0.1, 0.15) is 61.5 Å². The second kappa shape index (κ2) is 8.61. The summed E-state index contributed by atoms with van der Waals surface area (Å²) >= 11 is 1.46. The molecule has 1 aliphatic rings. The molecule has 0 spiro atoms. The van der Waals surface area contributed by atoms with Gasteiger partial charge in [0.25, 0.3) is 5.91 Å². The van der Waals surface area contributed by atoms with Crippen LogP contribution in [0, 0.1) is 0 Å². The van der Waals surface area contributed by atoms with Gasteiger partial charge in [-0.25, -0.2) is 8.42 Å². The summed E-state index contributed by atoms with van der Waals surface area (Å²) in [5, 5.41) is 4.11. The summed E-state index contributed by atoms with van der Waals surface area (Å²) in [6.45, 7) is 2.19. The maximum Gasteiger partial charge on any atom is 0.261 e. The molecule has 1 aliphatic carbocycles. The smallest absolute Gasteiger partial charge is 0.261 e. The molecule has 5 nitrogen and oxygen atoms in total. The summed E-state index contributed by atoms with van der Waals surface area (Å²) in [4.78, 5) is 13.4. The normalized spacial score (nSPS) is 16.7. The van der Waals surface area contributed by atoms with Crippen molar-refractivity contribution in [2.75, 3.05) is 17.1 Å². The second-order valence-electron chi connectivity index (χ2n) is 7.28. The minimum Gasteiger partial charge on any atom is -0.349 e. The fourth-order valence-corrected chi connectivity index (χ4v) is 5.68. The first-order chi connectivity index (χ1) is 12.9. The third kappa shape index (κ3) is 5.02. The molecule has 1 N–H and O–H groups in total. The van der Waals surface area contributed by atoms with Gasteiger partial charge in [-0.05, 0) is 49.4 Å². The molecule has 1 amide bonds. The summed E-state index contributed by atoms with van der Waals surface area (Å²) in [6, 6.07) is 7.69. The molecule has 2 aromatic rings. The molecule has 7 heteroatoms. The van der Waals surface area contributed by atoms with Gasteiger partial charge in [0, 0.05) is 17.3 Å². The lowest BCUT2D eigenvalue weighted by Gasteiger charge is -2.20. The van der Waals surface area contributed by atoms with E-state index in [1.165, 1.54) is 54.0 Å². The molecule has 0 bridgehead atoms. The van der Waals surface area contributed by atoms with E-state index >= 15 is 0 Å². The highest BCUT2D eigenvalue weighted by Crippen LogP contribution is 2.30. The van der Waals surface area contributed by atoms with Crippen molar-refractivity contribution in [1.29, 1.82) is 0 Å². The van der Waals surface area contributed by atoms with Crippen LogP contribution in [-0.4, -0.2) is 33.2 Å². The Bertz CT molecular complexity index is 897. The largest absolute Gasteiger partial charge is 0.349 e. The predicted molar refractivity (Wildman–Crippen MR) is 113 cm³/mol. The number of hydrogen-bond acceptors (Lipinski definition) is 4. The Hall–Kier alpha value is -1.60. The Morgan fingerprint density at radius 1 is 1.15 bits per heavy atom. The van der Waals surface area contributed by atoms with Crippen molar-refractivity contribution in [3.63, 3.8) is 0 Å². The minimum absolute atomic E-state index is 0.0150. The van der Waals surface area contributed by atoms with Crippen molar-refractivity contribution in [2.45, 2.75) is 57.9 Å². The number of hydrogen-bond donors (Lipinski definition) is 1. The molecule has 1 saturated carbocycles. The molecule has 1 heterocycles. The average molecular weight is 409 g/mol. The van der Waals surface area contributed by atoms with Crippen molar-refractivity contribution in [3.05, 3.63) is 29.1 Å². The molecule has 3 rings (SSSR count). The van der Waals surface area contributed by atoms with Gasteiger partial charge in [0.05, 0.1) is 16.8 Å². The van der Waals surface area contributed by atoms with Crippen molar-refractivity contribution >= 4 is 43.0 Å². The summed E-state index contributed by atoms with van der Waals surface area (Å²) in [7, 11) is -3.31. The number of thiophene rings is 1. The summed E-state index contributed by atoms with van der Waals surface area (Å²) < 4.78 is 26.3. The fraction of sp³-hybridized carbons (Fsp3) is 0.550. The first kappa shape index (κ1) is 20.1. The molecule has 1 aromatic heterocycles. The van der Waals surface area contributed by atoms with Crippen molar-refractivity contribution in [1.82, 2.24) is 5.32 Å². The van der Waals surface area contributed by atoms with E-state index in [1.807, 2.05) is 25.1 Å². The average Bonchev–Trinajstić information content (AvgIpc) is 3.00. The Labute approximate surface area is 165 Å². The van der Waals surface area contributed by atoms with Gasteiger partial charge < -0.3 is 5.32 Å². The van der Waals surface area contributed by atoms with Gasteiger partial charge in [0.1, 0.15) is 0 Å². The van der Waals surface area contributed by atoms with Crippen molar-refractivity contribution in [2.24, 2.45) is 0 Å². The number of carbonyl (C=O) groups excluding carboxylic acids is 1. The summed E-state index contributed by atoms with van der Waals surface area (Å²) in [5.74, 6) is -0.0150. The number of nitrogens with one attached hydrogen (secondary N) is 1. The Kier molecular flexibility index (Phi) is 6.42. The van der Waals surface area contributed by atoms with E-state index in [1.54, 1.807) is 6.07 Å². The molecule has 0 radical (unpaired) electrons. The quantitative estimate of drug-likeness (QED) is 0.790. The number of benzene rings is 1. The van der Waals surface area contributed by atoms with E-state index in [0.717, 1.165) is 22.9 Å². The highest BCUT2D eigenvalue weighted by atomic mass is 32.2. The number of nitrogens with zero attached hydrogens (tertiary/aromatic N) is 1. The highest BCUT2D eigenvalue weighted by Gasteiger charge is 2.19. The predicted octanol–water partition coefficient (Wildman–Crippen LogP) is 4.53. The van der Waals surface area contributed by atoms with E-state index in [4.69, 9.17) is 0 Å². The molecule has 1 aromatic carbocycles. The number of carbonyl (C=O) groups is 1. The van der Waals surface area contributed by atoms with Crippen LogP contribution < -0.4 is 9.62 Å². The van der Waals surface area contributed by atoms with Crippen LogP contribution in [0.3, 0.4) is 0 Å². The molecule has 27 heavy (non-hydrogen) atoms. The van der Waals surface area contributed by atoms with Crippen molar-refractivity contribution < 1.29 is 13.2 Å². The van der Waals surface area contributed by atoms with E-state index in [2.05, 4.69) is 5.32 Å². The lowest BCUT2D eigenvalue weighted by molar-refractivity contribution is 0.0934. The summed E-state index contributed by atoms with van der Waals surface area (Å²) in [6.07, 6.45) is 9.50. The lowest BCUT2D eigenvalue weighted by Crippen LogP contribution is -2.34. The number of amides is 1. The van der Waals surface area contributed by atoms with Gasteiger partial charge in [-0.1, -0.05) is 32.1 Å².